The summed E-state index contributed by atoms with van der Waals surface area (Å²) in [4.78, 5) is 17.6. The van der Waals surface area contributed by atoms with Crippen LogP contribution in [0.5, 0.6) is 0 Å². The van der Waals surface area contributed by atoms with Crippen LogP contribution < -0.4 is 0 Å². The Kier molecular flexibility index (Phi) is 2.47. The van der Waals surface area contributed by atoms with Crippen molar-refractivity contribution in [2.75, 3.05) is 6.26 Å². The van der Waals surface area contributed by atoms with Gasteiger partial charge in [-0.2, -0.15) is 0 Å². The fourth-order valence-electron chi connectivity index (χ4n) is 1.31. The molecule has 0 saturated heterocycles. The van der Waals surface area contributed by atoms with Crippen LogP contribution in [0.3, 0.4) is 0 Å². The largest absolute Gasteiger partial charge is 0.334 e. The number of sulfone groups is 1. The van der Waals surface area contributed by atoms with Gasteiger partial charge in [-0.1, -0.05) is 0 Å². The summed E-state index contributed by atoms with van der Waals surface area (Å²) < 4.78 is 22.6. The zero-order valence-electron chi connectivity index (χ0n) is 8.19. The highest BCUT2D eigenvalue weighted by atomic mass is 35.5. The van der Waals surface area contributed by atoms with Crippen molar-refractivity contribution in [3.8, 4) is 0 Å². The number of aromatic amines is 1. The van der Waals surface area contributed by atoms with Crippen LogP contribution >= 0.6 is 11.6 Å². The molecule has 5 nitrogen and oxygen atoms in total. The molecule has 1 heterocycles. The van der Waals surface area contributed by atoms with Crippen LogP contribution in [0.15, 0.2) is 23.1 Å². The minimum atomic E-state index is -3.27. The third kappa shape index (κ3) is 1.94. The molecule has 0 radical (unpaired) electrons. The van der Waals surface area contributed by atoms with Gasteiger partial charge in [-0.05, 0) is 29.8 Å². The number of carbonyl (C=O) groups is 1. The number of rotatable bonds is 2. The predicted octanol–water partition coefficient (Wildman–Crippen LogP) is 1.35. The number of aromatic nitrogens is 2. The minimum absolute atomic E-state index is 0.00215. The number of nitrogens with one attached hydrogen (secondary N) is 1. The van der Waals surface area contributed by atoms with Gasteiger partial charge >= 0.3 is 0 Å². The van der Waals surface area contributed by atoms with Crippen LogP contribution in [0.1, 0.15) is 10.6 Å². The number of hydrogen-bond acceptors (Lipinski definition) is 4. The van der Waals surface area contributed by atoms with E-state index in [9.17, 15) is 13.2 Å². The van der Waals surface area contributed by atoms with E-state index >= 15 is 0 Å². The Hall–Kier alpha value is -1.40. The van der Waals surface area contributed by atoms with Gasteiger partial charge in [0.05, 0.1) is 15.9 Å². The average molecular weight is 259 g/mol. The molecule has 0 aliphatic rings. The van der Waals surface area contributed by atoms with E-state index in [0.29, 0.717) is 11.0 Å². The monoisotopic (exact) mass is 258 g/mol. The summed E-state index contributed by atoms with van der Waals surface area (Å²) in [6, 6.07) is 4.37. The van der Waals surface area contributed by atoms with Crippen LogP contribution in [-0.4, -0.2) is 29.9 Å². The van der Waals surface area contributed by atoms with Gasteiger partial charge in [-0.15, -0.1) is 0 Å². The molecule has 0 saturated carbocycles. The lowest BCUT2D eigenvalue weighted by Gasteiger charge is -1.96. The third-order valence-electron chi connectivity index (χ3n) is 2.07. The highest BCUT2D eigenvalue weighted by Gasteiger charge is 2.12. The Morgan fingerprint density at radius 3 is 2.69 bits per heavy atom. The Labute approximate surface area is 96.4 Å². The second kappa shape index (κ2) is 3.57. The smallest absolute Gasteiger partial charge is 0.287 e. The molecule has 16 heavy (non-hydrogen) atoms. The van der Waals surface area contributed by atoms with E-state index < -0.39 is 15.1 Å². The number of H-pyrrole nitrogens is 1. The van der Waals surface area contributed by atoms with Crippen molar-refractivity contribution in [3.05, 3.63) is 24.0 Å². The second-order valence-corrected chi connectivity index (χ2v) is 5.67. The molecule has 0 bridgehead atoms. The van der Waals surface area contributed by atoms with Crippen molar-refractivity contribution in [2.45, 2.75) is 4.90 Å². The average Bonchev–Trinajstić information content (AvgIpc) is 2.58. The number of benzene rings is 1. The number of halogens is 1. The first-order chi connectivity index (χ1) is 7.38. The third-order valence-corrected chi connectivity index (χ3v) is 3.36. The van der Waals surface area contributed by atoms with Gasteiger partial charge in [0.25, 0.3) is 5.24 Å². The first kappa shape index (κ1) is 11.1. The number of nitrogens with zero attached hydrogens (tertiary/aromatic N) is 1. The SMILES string of the molecule is CS(=O)(=O)c1ccc2nc(C(=O)Cl)[nH]c2c1. The molecular formula is C9H7ClN2O3S. The lowest BCUT2D eigenvalue weighted by Crippen LogP contribution is -1.96. The first-order valence-electron chi connectivity index (χ1n) is 4.27. The molecule has 0 aliphatic heterocycles. The standard InChI is InChI=1S/C9H7ClN2O3S/c1-16(14,15)5-2-3-6-7(4-5)12-9(11-6)8(10)13/h2-4H,1H3,(H,11,12). The zero-order chi connectivity index (χ0) is 11.9. The van der Waals surface area contributed by atoms with Gasteiger partial charge in [0.2, 0.25) is 0 Å². The lowest BCUT2D eigenvalue weighted by molar-refractivity contribution is 0.107. The molecule has 84 valence electrons. The Bertz CT molecular complexity index is 675. The van der Waals surface area contributed by atoms with Gasteiger partial charge in [-0.25, -0.2) is 13.4 Å². The fourth-order valence-corrected chi connectivity index (χ4v) is 2.05. The molecule has 0 amide bonds. The maximum Gasteiger partial charge on any atom is 0.287 e. The Morgan fingerprint density at radius 2 is 2.12 bits per heavy atom. The van der Waals surface area contributed by atoms with Gasteiger partial charge in [0.15, 0.2) is 15.7 Å². The number of hydrogen-bond donors (Lipinski definition) is 1. The van der Waals surface area contributed by atoms with Crippen molar-refractivity contribution in [1.82, 2.24) is 9.97 Å². The molecule has 1 aromatic carbocycles. The van der Waals surface area contributed by atoms with Gasteiger partial charge in [-0.3, -0.25) is 4.79 Å². The zero-order valence-corrected chi connectivity index (χ0v) is 9.76. The Morgan fingerprint density at radius 1 is 1.44 bits per heavy atom. The van der Waals surface area contributed by atoms with E-state index in [1.54, 1.807) is 0 Å². The topological polar surface area (TPSA) is 79.9 Å². The highest BCUT2D eigenvalue weighted by Crippen LogP contribution is 2.17. The molecule has 0 spiro atoms. The summed E-state index contributed by atoms with van der Waals surface area (Å²) in [5.41, 5.74) is 0.961. The molecule has 1 aromatic heterocycles. The van der Waals surface area contributed by atoms with E-state index in [1.165, 1.54) is 18.2 Å². The molecular weight excluding hydrogens is 252 g/mol. The molecule has 0 unspecified atom stereocenters. The molecule has 2 rings (SSSR count). The van der Waals surface area contributed by atoms with Crippen LogP contribution in [-0.2, 0) is 9.84 Å². The van der Waals surface area contributed by atoms with Crippen molar-refractivity contribution >= 4 is 37.7 Å². The number of carbonyl (C=O) groups excluding carboxylic acids is 1. The summed E-state index contributed by atoms with van der Waals surface area (Å²) in [6.07, 6.45) is 1.11. The Balaban J connectivity index is 2.67. The van der Waals surface area contributed by atoms with E-state index in [0.717, 1.165) is 6.26 Å². The van der Waals surface area contributed by atoms with Crippen LogP contribution in [0, 0.1) is 0 Å². The van der Waals surface area contributed by atoms with Crippen LogP contribution in [0.4, 0.5) is 0 Å². The van der Waals surface area contributed by atoms with E-state index in [2.05, 4.69) is 9.97 Å². The molecule has 1 N–H and O–H groups in total. The maximum absolute atomic E-state index is 11.3. The normalized spacial score (nSPS) is 11.9. The predicted molar refractivity (Wildman–Crippen MR) is 59.4 cm³/mol. The maximum atomic E-state index is 11.3. The molecule has 0 atom stereocenters. The summed E-state index contributed by atoms with van der Waals surface area (Å²) in [7, 11) is -3.27. The van der Waals surface area contributed by atoms with Crippen molar-refractivity contribution < 1.29 is 13.2 Å². The highest BCUT2D eigenvalue weighted by molar-refractivity contribution is 7.90. The first-order valence-corrected chi connectivity index (χ1v) is 6.54. The second-order valence-electron chi connectivity index (χ2n) is 3.31. The van der Waals surface area contributed by atoms with Crippen molar-refractivity contribution in [2.24, 2.45) is 0 Å². The summed E-state index contributed by atoms with van der Waals surface area (Å²) in [5.74, 6) is 0.00215. The molecule has 2 aromatic rings. The number of fused-ring (bicyclic) bond motifs is 1. The van der Waals surface area contributed by atoms with Gasteiger partial charge < -0.3 is 4.98 Å². The molecule has 0 fully saturated rings. The van der Waals surface area contributed by atoms with E-state index in [1.807, 2.05) is 0 Å². The molecule has 0 aliphatic carbocycles. The van der Waals surface area contributed by atoms with Crippen LogP contribution in [0.25, 0.3) is 11.0 Å². The van der Waals surface area contributed by atoms with Crippen molar-refractivity contribution in [1.29, 1.82) is 0 Å². The quantitative estimate of drug-likeness (QED) is 0.825. The summed E-state index contributed by atoms with van der Waals surface area (Å²) in [6.45, 7) is 0. The van der Waals surface area contributed by atoms with E-state index in [-0.39, 0.29) is 10.7 Å². The van der Waals surface area contributed by atoms with Crippen molar-refractivity contribution in [3.63, 3.8) is 0 Å². The van der Waals surface area contributed by atoms with Crippen LogP contribution in [0.2, 0.25) is 0 Å². The van der Waals surface area contributed by atoms with Gasteiger partial charge in [0, 0.05) is 6.26 Å². The number of imidazole rings is 1. The molecule has 7 heteroatoms. The van der Waals surface area contributed by atoms with Gasteiger partial charge in [0.1, 0.15) is 0 Å². The lowest BCUT2D eigenvalue weighted by atomic mass is 10.3. The van der Waals surface area contributed by atoms with E-state index in [4.69, 9.17) is 11.6 Å². The summed E-state index contributed by atoms with van der Waals surface area (Å²) >= 11 is 5.25. The summed E-state index contributed by atoms with van der Waals surface area (Å²) in [5, 5.41) is -0.711. The fraction of sp³-hybridized carbons (Fsp3) is 0.111. The minimum Gasteiger partial charge on any atom is -0.334 e.